The molecule has 0 aromatic carbocycles. The van der Waals surface area contributed by atoms with E-state index in [0.717, 1.165) is 43.1 Å². The van der Waals surface area contributed by atoms with Gasteiger partial charge in [-0.05, 0) is 25.7 Å². The number of rotatable bonds is 4. The first-order valence-corrected chi connectivity index (χ1v) is 8.98. The summed E-state index contributed by atoms with van der Waals surface area (Å²) in [5, 5.41) is 21.4. The van der Waals surface area contributed by atoms with Crippen LogP contribution in [0.1, 0.15) is 63.0 Å². The van der Waals surface area contributed by atoms with Gasteiger partial charge in [-0.1, -0.05) is 25.7 Å². The summed E-state index contributed by atoms with van der Waals surface area (Å²) in [6.45, 7) is -0.483. The monoisotopic (exact) mass is 355 g/mol. The van der Waals surface area contributed by atoms with E-state index >= 15 is 0 Å². The molecule has 3 rings (SSSR count). The summed E-state index contributed by atoms with van der Waals surface area (Å²) in [5.74, 6) is -0.551. The largest absolute Gasteiger partial charge is 0.336 e. The molecule has 1 aromatic rings. The van der Waals surface area contributed by atoms with Crippen LogP contribution in [0.5, 0.6) is 0 Å². The Morgan fingerprint density at radius 3 is 2.38 bits per heavy atom. The van der Waals surface area contributed by atoms with E-state index in [1.165, 1.54) is 10.8 Å². The molecule has 0 spiro atoms. The first-order valence-electron chi connectivity index (χ1n) is 8.98. The molecule has 0 bridgehead atoms. The van der Waals surface area contributed by atoms with Gasteiger partial charge >= 0.3 is 5.69 Å². The SMILES string of the molecule is N#Cc1cn(C2CC2)c(=O)n(CC(=O)NC2(C#N)CCCCCC2)c1=O. The lowest BCUT2D eigenvalue weighted by molar-refractivity contribution is -0.123. The third-order valence-corrected chi connectivity index (χ3v) is 5.11. The smallest absolute Gasteiger partial charge is 0.331 e. The third kappa shape index (κ3) is 3.55. The third-order valence-electron chi connectivity index (χ3n) is 5.11. The molecule has 0 atom stereocenters. The van der Waals surface area contributed by atoms with Crippen molar-refractivity contribution in [1.29, 1.82) is 10.5 Å². The van der Waals surface area contributed by atoms with Crippen LogP contribution in [0.3, 0.4) is 0 Å². The van der Waals surface area contributed by atoms with Crippen molar-refractivity contribution in [2.24, 2.45) is 0 Å². The van der Waals surface area contributed by atoms with Crippen LogP contribution in [0.2, 0.25) is 0 Å². The number of aromatic nitrogens is 2. The summed E-state index contributed by atoms with van der Waals surface area (Å²) < 4.78 is 2.16. The molecular formula is C18H21N5O3. The minimum atomic E-state index is -0.945. The van der Waals surface area contributed by atoms with Crippen LogP contribution in [0, 0.1) is 22.7 Å². The van der Waals surface area contributed by atoms with Gasteiger partial charge in [0.1, 0.15) is 23.7 Å². The lowest BCUT2D eigenvalue weighted by Gasteiger charge is -2.26. The zero-order valence-corrected chi connectivity index (χ0v) is 14.5. The van der Waals surface area contributed by atoms with E-state index in [-0.39, 0.29) is 11.6 Å². The fourth-order valence-corrected chi connectivity index (χ4v) is 3.50. The molecule has 2 fully saturated rings. The molecule has 2 saturated carbocycles. The molecule has 1 N–H and O–H groups in total. The van der Waals surface area contributed by atoms with Gasteiger partial charge in [0.05, 0.1) is 6.07 Å². The topological polar surface area (TPSA) is 121 Å². The van der Waals surface area contributed by atoms with E-state index in [1.807, 2.05) is 0 Å². The van der Waals surface area contributed by atoms with Gasteiger partial charge in [0.2, 0.25) is 5.91 Å². The quantitative estimate of drug-likeness (QED) is 0.806. The van der Waals surface area contributed by atoms with Crippen molar-refractivity contribution >= 4 is 5.91 Å². The van der Waals surface area contributed by atoms with Crippen LogP contribution in [0.4, 0.5) is 0 Å². The van der Waals surface area contributed by atoms with Crippen LogP contribution in [0.25, 0.3) is 0 Å². The van der Waals surface area contributed by atoms with Crippen LogP contribution < -0.4 is 16.6 Å². The Hall–Kier alpha value is -2.87. The summed E-state index contributed by atoms with van der Waals surface area (Å²) in [7, 11) is 0. The maximum Gasteiger partial charge on any atom is 0.331 e. The number of carbonyl (C=O) groups excluding carboxylic acids is 1. The molecule has 26 heavy (non-hydrogen) atoms. The maximum absolute atomic E-state index is 12.5. The van der Waals surface area contributed by atoms with Gasteiger partial charge in [-0.3, -0.25) is 14.2 Å². The molecular weight excluding hydrogens is 334 g/mol. The first kappa shape index (κ1) is 17.9. The minimum Gasteiger partial charge on any atom is -0.336 e. The van der Waals surface area contributed by atoms with E-state index in [4.69, 9.17) is 5.26 Å². The van der Waals surface area contributed by atoms with Crippen LogP contribution >= 0.6 is 0 Å². The summed E-state index contributed by atoms with van der Waals surface area (Å²) >= 11 is 0. The Morgan fingerprint density at radius 2 is 1.85 bits per heavy atom. The van der Waals surface area contributed by atoms with Crippen molar-refractivity contribution in [2.45, 2.75) is 69.5 Å². The van der Waals surface area contributed by atoms with Crippen LogP contribution in [-0.4, -0.2) is 20.6 Å². The second kappa shape index (κ2) is 7.17. The average Bonchev–Trinajstić information content (AvgIpc) is 3.47. The Morgan fingerprint density at radius 1 is 1.19 bits per heavy atom. The molecule has 1 heterocycles. The van der Waals surface area contributed by atoms with Gasteiger partial charge < -0.3 is 5.32 Å². The Labute approximate surface area is 150 Å². The molecule has 0 unspecified atom stereocenters. The van der Waals surface area contributed by atoms with Gasteiger partial charge in [0, 0.05) is 12.2 Å². The highest BCUT2D eigenvalue weighted by atomic mass is 16.2. The zero-order chi connectivity index (χ0) is 18.7. The van der Waals surface area contributed by atoms with Crippen LogP contribution in [0.15, 0.2) is 15.8 Å². The number of hydrogen-bond donors (Lipinski definition) is 1. The van der Waals surface area contributed by atoms with Gasteiger partial charge in [0.15, 0.2) is 0 Å². The number of amides is 1. The lowest BCUT2D eigenvalue weighted by atomic mass is 9.92. The molecule has 0 aliphatic heterocycles. The van der Waals surface area contributed by atoms with Crippen molar-refractivity contribution in [3.05, 3.63) is 32.6 Å². The molecule has 1 aromatic heterocycles. The minimum absolute atomic E-state index is 0.0168. The summed E-state index contributed by atoms with van der Waals surface area (Å²) in [5.41, 5.74) is -2.46. The standard InChI is InChI=1S/C18H21N5O3/c19-9-13-10-22(14-5-6-14)17(26)23(16(13)25)11-15(24)21-18(12-20)7-3-1-2-4-8-18/h10,14H,1-8,11H2,(H,21,24). The molecule has 0 saturated heterocycles. The Bertz CT molecular complexity index is 903. The summed E-state index contributed by atoms with van der Waals surface area (Å²) in [6.07, 6.45) is 7.78. The van der Waals surface area contributed by atoms with E-state index in [2.05, 4.69) is 11.4 Å². The van der Waals surface area contributed by atoms with Crippen molar-refractivity contribution < 1.29 is 4.79 Å². The van der Waals surface area contributed by atoms with E-state index in [1.54, 1.807) is 6.07 Å². The van der Waals surface area contributed by atoms with Crippen molar-refractivity contribution in [3.63, 3.8) is 0 Å². The van der Waals surface area contributed by atoms with E-state index in [0.29, 0.717) is 12.8 Å². The van der Waals surface area contributed by atoms with E-state index < -0.39 is 29.2 Å². The van der Waals surface area contributed by atoms with Crippen LogP contribution in [-0.2, 0) is 11.3 Å². The van der Waals surface area contributed by atoms with Crippen molar-refractivity contribution in [1.82, 2.24) is 14.5 Å². The number of hydrogen-bond acceptors (Lipinski definition) is 5. The predicted molar refractivity (Wildman–Crippen MR) is 92.1 cm³/mol. The average molecular weight is 355 g/mol. The molecule has 2 aliphatic rings. The maximum atomic E-state index is 12.5. The molecule has 2 aliphatic carbocycles. The van der Waals surface area contributed by atoms with Crippen molar-refractivity contribution in [2.75, 3.05) is 0 Å². The van der Waals surface area contributed by atoms with Gasteiger partial charge in [-0.15, -0.1) is 0 Å². The molecule has 1 amide bonds. The second-order valence-electron chi connectivity index (χ2n) is 7.12. The number of nitrogens with zero attached hydrogens (tertiary/aromatic N) is 4. The highest BCUT2D eigenvalue weighted by Crippen LogP contribution is 2.33. The number of nitrogens with one attached hydrogen (secondary N) is 1. The highest BCUT2D eigenvalue weighted by molar-refractivity contribution is 5.77. The van der Waals surface area contributed by atoms with Gasteiger partial charge in [-0.2, -0.15) is 10.5 Å². The highest BCUT2D eigenvalue weighted by Gasteiger charge is 2.33. The number of nitriles is 2. The van der Waals surface area contributed by atoms with E-state index in [9.17, 15) is 19.6 Å². The van der Waals surface area contributed by atoms with Gasteiger partial charge in [-0.25, -0.2) is 9.36 Å². The van der Waals surface area contributed by atoms with Crippen molar-refractivity contribution in [3.8, 4) is 12.1 Å². The zero-order valence-electron chi connectivity index (χ0n) is 14.5. The Kier molecular flexibility index (Phi) is 4.94. The molecule has 0 radical (unpaired) electrons. The predicted octanol–water partition coefficient (Wildman–Crippen LogP) is 0.949. The second-order valence-corrected chi connectivity index (χ2v) is 7.12. The molecule has 8 heteroatoms. The fourth-order valence-electron chi connectivity index (χ4n) is 3.50. The number of carbonyl (C=O) groups is 1. The van der Waals surface area contributed by atoms with Gasteiger partial charge in [0.25, 0.3) is 5.56 Å². The normalized spacial score (nSPS) is 19.0. The summed E-state index contributed by atoms with van der Waals surface area (Å²) in [4.78, 5) is 37.4. The fraction of sp³-hybridized carbons (Fsp3) is 0.611. The molecule has 8 nitrogen and oxygen atoms in total. The molecule has 136 valence electrons. The lowest BCUT2D eigenvalue weighted by Crippen LogP contribution is -2.51. The Balaban J connectivity index is 1.86. The first-order chi connectivity index (χ1) is 12.5. The summed E-state index contributed by atoms with van der Waals surface area (Å²) in [6, 6.07) is 3.98.